The molecule has 1 aromatic heterocycles. The second-order valence-electron chi connectivity index (χ2n) is 7.37. The smallest absolute Gasteiger partial charge is 0.294 e. The maximum atomic E-state index is 12.6. The van der Waals surface area contributed by atoms with Crippen LogP contribution in [0.25, 0.3) is 10.9 Å². The van der Waals surface area contributed by atoms with E-state index in [2.05, 4.69) is 18.8 Å². The average Bonchev–Trinajstić information content (AvgIpc) is 2.68. The first-order chi connectivity index (χ1) is 13.7. The molecule has 2 aromatic rings. The molecule has 5 heteroatoms. The zero-order valence-electron chi connectivity index (χ0n) is 17.4. The molecule has 2 N–H and O–H groups in total. The molecule has 0 aliphatic rings. The van der Waals surface area contributed by atoms with Crippen LogP contribution in [0.2, 0.25) is 0 Å². The summed E-state index contributed by atoms with van der Waals surface area (Å²) >= 11 is 0. The number of benzene rings is 1. The van der Waals surface area contributed by atoms with Gasteiger partial charge in [-0.05, 0) is 25.0 Å². The molecule has 0 saturated heterocycles. The maximum Gasteiger partial charge on any atom is 0.294 e. The van der Waals surface area contributed by atoms with E-state index in [1.54, 1.807) is 12.1 Å². The van der Waals surface area contributed by atoms with Gasteiger partial charge in [-0.3, -0.25) is 4.79 Å². The Labute approximate surface area is 168 Å². The van der Waals surface area contributed by atoms with Gasteiger partial charge in [0.15, 0.2) is 5.75 Å². The number of ether oxygens (including phenoxy) is 2. The lowest BCUT2D eigenvalue weighted by Gasteiger charge is -2.15. The van der Waals surface area contributed by atoms with Crippen LogP contribution in [-0.4, -0.2) is 23.3 Å². The summed E-state index contributed by atoms with van der Waals surface area (Å²) in [6, 6.07) is 4.90. The van der Waals surface area contributed by atoms with Gasteiger partial charge < -0.3 is 19.6 Å². The minimum atomic E-state index is -0.312. The highest BCUT2D eigenvalue weighted by Gasteiger charge is 2.16. The molecule has 2 rings (SSSR count). The summed E-state index contributed by atoms with van der Waals surface area (Å²) in [5.74, 6) is 0.848. The van der Waals surface area contributed by atoms with Crippen molar-refractivity contribution in [3.05, 3.63) is 28.6 Å². The molecule has 0 aliphatic heterocycles. The lowest BCUT2D eigenvalue weighted by molar-refractivity contribution is 0.258. The van der Waals surface area contributed by atoms with Gasteiger partial charge in [-0.1, -0.05) is 65.2 Å². The number of H-pyrrole nitrogens is 1. The fraction of sp³-hybridized carbons (Fsp3) is 0.609. The second-order valence-corrected chi connectivity index (χ2v) is 7.37. The van der Waals surface area contributed by atoms with Crippen molar-refractivity contribution in [3.63, 3.8) is 0 Å². The highest BCUT2D eigenvalue weighted by atomic mass is 16.5. The van der Waals surface area contributed by atoms with Gasteiger partial charge in [0.25, 0.3) is 5.56 Å². The van der Waals surface area contributed by atoms with Gasteiger partial charge in [0.2, 0.25) is 5.75 Å². The number of unbranched alkanes of at least 4 members (excludes halogenated alkanes) is 8. The Bertz CT molecular complexity index is 769. The van der Waals surface area contributed by atoms with Crippen LogP contribution in [0.3, 0.4) is 0 Å². The molecule has 1 heterocycles. The van der Waals surface area contributed by atoms with Crippen LogP contribution in [0, 0.1) is 0 Å². The molecule has 0 aliphatic carbocycles. The van der Waals surface area contributed by atoms with Crippen molar-refractivity contribution in [1.29, 1.82) is 0 Å². The standard InChI is InChI=1S/C23H35NO4/c1-3-5-7-9-10-12-16-28-22-21(27-15-11-8-6-4-2)19-14-13-18(25)17-20(19)24-23(22)26/h13-14,17,25H,3-12,15-16H2,1-2H3,(H,24,26). The van der Waals surface area contributed by atoms with Gasteiger partial charge in [0.05, 0.1) is 18.7 Å². The first kappa shape index (κ1) is 22.1. The van der Waals surface area contributed by atoms with E-state index in [4.69, 9.17) is 9.47 Å². The highest BCUT2D eigenvalue weighted by Crippen LogP contribution is 2.33. The van der Waals surface area contributed by atoms with E-state index in [0.717, 1.165) is 31.1 Å². The van der Waals surface area contributed by atoms with Crippen molar-refractivity contribution in [2.45, 2.75) is 78.1 Å². The van der Waals surface area contributed by atoms with Crippen LogP contribution in [0.1, 0.15) is 78.1 Å². The van der Waals surface area contributed by atoms with Gasteiger partial charge in [0.1, 0.15) is 5.75 Å². The molecule has 0 saturated carbocycles. The van der Waals surface area contributed by atoms with Crippen LogP contribution in [0.15, 0.2) is 23.0 Å². The molecule has 1 aromatic carbocycles. The number of pyridine rings is 1. The summed E-state index contributed by atoms with van der Waals surface area (Å²) in [7, 11) is 0. The van der Waals surface area contributed by atoms with Crippen molar-refractivity contribution in [2.75, 3.05) is 13.2 Å². The van der Waals surface area contributed by atoms with Crippen molar-refractivity contribution in [2.24, 2.45) is 0 Å². The van der Waals surface area contributed by atoms with Crippen LogP contribution < -0.4 is 15.0 Å². The summed E-state index contributed by atoms with van der Waals surface area (Å²) in [6.07, 6.45) is 11.4. The molecular weight excluding hydrogens is 354 g/mol. The van der Waals surface area contributed by atoms with Crippen LogP contribution in [0.4, 0.5) is 0 Å². The van der Waals surface area contributed by atoms with Crippen LogP contribution in [-0.2, 0) is 0 Å². The van der Waals surface area contributed by atoms with Gasteiger partial charge in [-0.2, -0.15) is 0 Å². The fourth-order valence-corrected chi connectivity index (χ4v) is 3.27. The molecule has 5 nitrogen and oxygen atoms in total. The zero-order valence-corrected chi connectivity index (χ0v) is 17.4. The predicted molar refractivity (Wildman–Crippen MR) is 115 cm³/mol. The third-order valence-corrected chi connectivity index (χ3v) is 4.90. The van der Waals surface area contributed by atoms with E-state index in [1.807, 2.05) is 0 Å². The molecule has 0 amide bonds. The van der Waals surface area contributed by atoms with Crippen LogP contribution >= 0.6 is 0 Å². The number of hydrogen-bond donors (Lipinski definition) is 2. The topological polar surface area (TPSA) is 71.5 Å². The number of rotatable bonds is 14. The Morgan fingerprint density at radius 2 is 1.39 bits per heavy atom. The van der Waals surface area contributed by atoms with Crippen LogP contribution in [0.5, 0.6) is 17.2 Å². The van der Waals surface area contributed by atoms with E-state index in [-0.39, 0.29) is 17.1 Å². The Morgan fingerprint density at radius 3 is 2.07 bits per heavy atom. The third kappa shape index (κ3) is 6.77. The van der Waals surface area contributed by atoms with Gasteiger partial charge in [0, 0.05) is 11.5 Å². The van der Waals surface area contributed by atoms with Gasteiger partial charge in [-0.15, -0.1) is 0 Å². The molecule has 0 bridgehead atoms. The summed E-state index contributed by atoms with van der Waals surface area (Å²) in [4.78, 5) is 15.4. The minimum absolute atomic E-state index is 0.109. The third-order valence-electron chi connectivity index (χ3n) is 4.90. The zero-order chi connectivity index (χ0) is 20.2. The number of aromatic hydroxyl groups is 1. The summed E-state index contributed by atoms with van der Waals surface area (Å²) < 4.78 is 11.9. The average molecular weight is 390 g/mol. The number of nitrogens with one attached hydrogen (secondary N) is 1. The number of phenols is 1. The molecular formula is C23H35NO4. The highest BCUT2D eigenvalue weighted by molar-refractivity contribution is 5.88. The van der Waals surface area contributed by atoms with Crippen molar-refractivity contribution < 1.29 is 14.6 Å². The van der Waals surface area contributed by atoms with E-state index < -0.39 is 0 Å². The van der Waals surface area contributed by atoms with E-state index in [1.165, 1.54) is 44.6 Å². The quantitative estimate of drug-likeness (QED) is 0.393. The van der Waals surface area contributed by atoms with E-state index >= 15 is 0 Å². The van der Waals surface area contributed by atoms with Crippen molar-refractivity contribution in [1.82, 2.24) is 4.98 Å². The molecule has 0 radical (unpaired) electrons. The largest absolute Gasteiger partial charge is 0.508 e. The SMILES string of the molecule is CCCCCCCCOc1c(OCCCCCC)c2ccc(O)cc2[nH]c1=O. The van der Waals surface area contributed by atoms with Gasteiger partial charge >= 0.3 is 0 Å². The summed E-state index contributed by atoms with van der Waals surface area (Å²) in [6.45, 7) is 5.43. The second kappa shape index (κ2) is 12.3. The summed E-state index contributed by atoms with van der Waals surface area (Å²) in [5.41, 5.74) is 0.244. The molecule has 0 spiro atoms. The van der Waals surface area contributed by atoms with Crippen molar-refractivity contribution >= 4 is 10.9 Å². The Morgan fingerprint density at radius 1 is 0.821 bits per heavy atom. The lowest BCUT2D eigenvalue weighted by atomic mass is 10.1. The number of aromatic nitrogens is 1. The Hall–Kier alpha value is -2.17. The number of aromatic amines is 1. The predicted octanol–water partition coefficient (Wildman–Crippen LogP) is 5.93. The fourth-order valence-electron chi connectivity index (χ4n) is 3.27. The summed E-state index contributed by atoms with van der Waals surface area (Å²) in [5, 5.41) is 10.5. The Balaban J connectivity index is 2.08. The Kier molecular flexibility index (Phi) is 9.73. The molecule has 156 valence electrons. The molecule has 28 heavy (non-hydrogen) atoms. The monoisotopic (exact) mass is 389 g/mol. The number of hydrogen-bond acceptors (Lipinski definition) is 4. The minimum Gasteiger partial charge on any atom is -0.508 e. The first-order valence-electron chi connectivity index (χ1n) is 10.8. The number of fused-ring (bicyclic) bond motifs is 1. The number of phenolic OH excluding ortho intramolecular Hbond substituents is 1. The van der Waals surface area contributed by atoms with E-state index in [0.29, 0.717) is 24.5 Å². The maximum absolute atomic E-state index is 12.6. The normalized spacial score (nSPS) is 11.1. The molecule has 0 unspecified atom stereocenters. The van der Waals surface area contributed by atoms with Gasteiger partial charge in [-0.25, -0.2) is 0 Å². The lowest BCUT2D eigenvalue weighted by Crippen LogP contribution is -2.15. The molecule has 0 atom stereocenters. The van der Waals surface area contributed by atoms with E-state index in [9.17, 15) is 9.90 Å². The first-order valence-corrected chi connectivity index (χ1v) is 10.8. The van der Waals surface area contributed by atoms with Crippen molar-refractivity contribution in [3.8, 4) is 17.2 Å². The molecule has 0 fully saturated rings.